The van der Waals surface area contributed by atoms with Gasteiger partial charge in [-0.3, -0.25) is 0 Å². The molecule has 4 nitrogen and oxygen atoms in total. The molecule has 0 fully saturated rings. The van der Waals surface area contributed by atoms with Gasteiger partial charge < -0.3 is 10.4 Å². The SMILES string of the molecule is O=C(O)c1cccc(CNc2ccc(Cl)cc2)n1. The largest absolute Gasteiger partial charge is 0.477 e. The molecule has 0 bridgehead atoms. The quantitative estimate of drug-likeness (QED) is 0.889. The van der Waals surface area contributed by atoms with E-state index in [-0.39, 0.29) is 5.69 Å². The number of hydrogen-bond acceptors (Lipinski definition) is 3. The van der Waals surface area contributed by atoms with Gasteiger partial charge in [0.25, 0.3) is 0 Å². The zero-order chi connectivity index (χ0) is 13.0. The Balaban J connectivity index is 2.04. The fraction of sp³-hybridized carbons (Fsp3) is 0.0769. The summed E-state index contributed by atoms with van der Waals surface area (Å²) in [6, 6.07) is 12.2. The van der Waals surface area contributed by atoms with Crippen molar-refractivity contribution in [3.63, 3.8) is 0 Å². The van der Waals surface area contributed by atoms with Gasteiger partial charge in [-0.2, -0.15) is 0 Å². The predicted octanol–water partition coefficient (Wildman–Crippen LogP) is 3.05. The van der Waals surface area contributed by atoms with Crippen molar-refractivity contribution in [2.75, 3.05) is 5.32 Å². The van der Waals surface area contributed by atoms with Gasteiger partial charge in [0.1, 0.15) is 5.69 Å². The summed E-state index contributed by atoms with van der Waals surface area (Å²) in [6.07, 6.45) is 0. The standard InChI is InChI=1S/C13H11ClN2O2/c14-9-4-6-10(7-5-9)15-8-11-2-1-3-12(16-11)13(17)18/h1-7,15H,8H2,(H,17,18). The minimum absolute atomic E-state index is 0.0467. The number of benzene rings is 1. The van der Waals surface area contributed by atoms with Crippen molar-refractivity contribution in [2.45, 2.75) is 6.54 Å². The first kappa shape index (κ1) is 12.4. The lowest BCUT2D eigenvalue weighted by atomic mass is 10.2. The molecule has 0 aliphatic rings. The molecule has 1 aromatic heterocycles. The van der Waals surface area contributed by atoms with E-state index in [2.05, 4.69) is 10.3 Å². The Labute approximate surface area is 109 Å². The van der Waals surface area contributed by atoms with Crippen molar-refractivity contribution in [1.82, 2.24) is 4.98 Å². The first-order chi connectivity index (χ1) is 8.65. The summed E-state index contributed by atoms with van der Waals surface area (Å²) in [5.74, 6) is -1.02. The summed E-state index contributed by atoms with van der Waals surface area (Å²) in [5.41, 5.74) is 1.62. The summed E-state index contributed by atoms with van der Waals surface area (Å²) in [7, 11) is 0. The Morgan fingerprint density at radius 2 is 1.94 bits per heavy atom. The van der Waals surface area contributed by atoms with E-state index in [9.17, 15) is 4.79 Å². The van der Waals surface area contributed by atoms with E-state index < -0.39 is 5.97 Å². The highest BCUT2D eigenvalue weighted by Gasteiger charge is 2.04. The van der Waals surface area contributed by atoms with Gasteiger partial charge in [-0.1, -0.05) is 17.7 Å². The molecular formula is C13H11ClN2O2. The lowest BCUT2D eigenvalue weighted by Gasteiger charge is -2.06. The molecule has 0 saturated heterocycles. The summed E-state index contributed by atoms with van der Waals surface area (Å²) >= 11 is 5.78. The minimum atomic E-state index is -1.02. The number of pyridine rings is 1. The third kappa shape index (κ3) is 3.21. The van der Waals surface area contributed by atoms with E-state index in [4.69, 9.17) is 16.7 Å². The van der Waals surface area contributed by atoms with Crippen molar-refractivity contribution in [1.29, 1.82) is 0 Å². The average molecular weight is 263 g/mol. The van der Waals surface area contributed by atoms with Crippen molar-refractivity contribution >= 4 is 23.3 Å². The lowest BCUT2D eigenvalue weighted by molar-refractivity contribution is 0.0690. The van der Waals surface area contributed by atoms with E-state index in [0.29, 0.717) is 17.3 Å². The number of nitrogens with one attached hydrogen (secondary N) is 1. The zero-order valence-electron chi connectivity index (χ0n) is 9.43. The molecule has 5 heteroatoms. The van der Waals surface area contributed by atoms with Gasteiger partial charge in [0.05, 0.1) is 12.2 Å². The second-order valence-electron chi connectivity index (χ2n) is 3.68. The fourth-order valence-electron chi connectivity index (χ4n) is 1.46. The molecule has 0 saturated carbocycles. The third-order valence-electron chi connectivity index (χ3n) is 2.34. The Morgan fingerprint density at radius 3 is 2.61 bits per heavy atom. The first-order valence-corrected chi connectivity index (χ1v) is 5.71. The van der Waals surface area contributed by atoms with Crippen LogP contribution in [0.2, 0.25) is 5.02 Å². The summed E-state index contributed by atoms with van der Waals surface area (Å²) in [4.78, 5) is 14.8. The number of carbonyl (C=O) groups is 1. The van der Waals surface area contributed by atoms with Crippen molar-refractivity contribution in [3.05, 3.63) is 58.9 Å². The van der Waals surface area contributed by atoms with Gasteiger partial charge in [0.2, 0.25) is 0 Å². The number of rotatable bonds is 4. The number of carboxylic acid groups (broad SMARTS) is 1. The topological polar surface area (TPSA) is 62.2 Å². The molecule has 0 unspecified atom stereocenters. The molecule has 2 aromatic rings. The van der Waals surface area contributed by atoms with E-state index in [1.54, 1.807) is 24.3 Å². The molecule has 0 aliphatic heterocycles. The number of nitrogens with zero attached hydrogens (tertiary/aromatic N) is 1. The molecule has 0 spiro atoms. The first-order valence-electron chi connectivity index (χ1n) is 5.34. The maximum absolute atomic E-state index is 10.8. The number of anilines is 1. The Bertz CT molecular complexity index is 555. The summed E-state index contributed by atoms with van der Waals surface area (Å²) in [5, 5.41) is 12.6. The monoisotopic (exact) mass is 262 g/mol. The number of aromatic nitrogens is 1. The van der Waals surface area contributed by atoms with Crippen LogP contribution in [-0.2, 0) is 6.54 Å². The van der Waals surface area contributed by atoms with Crippen LogP contribution in [0, 0.1) is 0 Å². The van der Waals surface area contributed by atoms with Gasteiger partial charge >= 0.3 is 5.97 Å². The molecule has 1 aromatic carbocycles. The summed E-state index contributed by atoms with van der Waals surface area (Å²) in [6.45, 7) is 0.461. The molecule has 1 heterocycles. The molecule has 2 N–H and O–H groups in total. The highest BCUT2D eigenvalue weighted by molar-refractivity contribution is 6.30. The van der Waals surface area contributed by atoms with Crippen LogP contribution in [0.5, 0.6) is 0 Å². The van der Waals surface area contributed by atoms with Crippen LogP contribution in [0.1, 0.15) is 16.2 Å². The van der Waals surface area contributed by atoms with Crippen LogP contribution in [0.4, 0.5) is 5.69 Å². The highest BCUT2D eigenvalue weighted by Crippen LogP contribution is 2.14. The number of halogens is 1. The number of hydrogen-bond donors (Lipinski definition) is 2. The van der Waals surface area contributed by atoms with Gasteiger partial charge in [0.15, 0.2) is 0 Å². The van der Waals surface area contributed by atoms with E-state index in [0.717, 1.165) is 5.69 Å². The van der Waals surface area contributed by atoms with Gasteiger partial charge in [-0.25, -0.2) is 9.78 Å². The number of aromatic carboxylic acids is 1. The summed E-state index contributed by atoms with van der Waals surface area (Å²) < 4.78 is 0. The van der Waals surface area contributed by atoms with Gasteiger partial charge in [0, 0.05) is 10.7 Å². The molecule has 0 radical (unpaired) electrons. The van der Waals surface area contributed by atoms with Crippen LogP contribution in [0.3, 0.4) is 0 Å². The molecule has 0 aliphatic carbocycles. The zero-order valence-corrected chi connectivity index (χ0v) is 10.2. The molecule has 0 amide bonds. The van der Waals surface area contributed by atoms with E-state index in [1.165, 1.54) is 6.07 Å². The van der Waals surface area contributed by atoms with Crippen LogP contribution in [0.25, 0.3) is 0 Å². The highest BCUT2D eigenvalue weighted by atomic mass is 35.5. The number of carboxylic acids is 1. The lowest BCUT2D eigenvalue weighted by Crippen LogP contribution is -2.06. The van der Waals surface area contributed by atoms with Crippen molar-refractivity contribution in [3.8, 4) is 0 Å². The molecule has 92 valence electrons. The average Bonchev–Trinajstić information content (AvgIpc) is 2.38. The third-order valence-corrected chi connectivity index (χ3v) is 2.60. The van der Waals surface area contributed by atoms with Gasteiger partial charge in [-0.05, 0) is 36.4 Å². The molecule has 0 atom stereocenters. The van der Waals surface area contributed by atoms with Crippen LogP contribution >= 0.6 is 11.6 Å². The fourth-order valence-corrected chi connectivity index (χ4v) is 1.58. The Morgan fingerprint density at radius 1 is 1.22 bits per heavy atom. The normalized spacial score (nSPS) is 10.1. The van der Waals surface area contributed by atoms with E-state index >= 15 is 0 Å². The van der Waals surface area contributed by atoms with Crippen molar-refractivity contribution < 1.29 is 9.90 Å². The van der Waals surface area contributed by atoms with Crippen LogP contribution in [-0.4, -0.2) is 16.1 Å². The molecule has 2 rings (SSSR count). The van der Waals surface area contributed by atoms with E-state index in [1.807, 2.05) is 12.1 Å². The second kappa shape index (κ2) is 5.51. The predicted molar refractivity (Wildman–Crippen MR) is 70.0 cm³/mol. The maximum atomic E-state index is 10.8. The minimum Gasteiger partial charge on any atom is -0.477 e. The maximum Gasteiger partial charge on any atom is 0.354 e. The Kier molecular flexibility index (Phi) is 3.79. The second-order valence-corrected chi connectivity index (χ2v) is 4.12. The molecular weight excluding hydrogens is 252 g/mol. The molecule has 18 heavy (non-hydrogen) atoms. The van der Waals surface area contributed by atoms with Crippen molar-refractivity contribution in [2.24, 2.45) is 0 Å². The van der Waals surface area contributed by atoms with Crippen LogP contribution in [0.15, 0.2) is 42.5 Å². The van der Waals surface area contributed by atoms with Gasteiger partial charge in [-0.15, -0.1) is 0 Å². The van der Waals surface area contributed by atoms with Crippen LogP contribution < -0.4 is 5.32 Å². The Hall–Kier alpha value is -2.07. The smallest absolute Gasteiger partial charge is 0.354 e.